The van der Waals surface area contributed by atoms with Gasteiger partial charge in [0.25, 0.3) is 0 Å². The standard InChI is InChI=1S/C10H12F2O2/c1-3-14-6(2)7-4-5-8(13)10(12)9(7)11/h4-6,13H,3H2,1-2H3. The van der Waals surface area contributed by atoms with Gasteiger partial charge in [0.05, 0.1) is 6.10 Å². The highest BCUT2D eigenvalue weighted by molar-refractivity contribution is 5.30. The molecule has 1 rings (SSSR count). The van der Waals surface area contributed by atoms with Gasteiger partial charge in [0, 0.05) is 12.2 Å². The van der Waals surface area contributed by atoms with Gasteiger partial charge in [-0.3, -0.25) is 0 Å². The summed E-state index contributed by atoms with van der Waals surface area (Å²) in [5.74, 6) is -2.96. The third kappa shape index (κ3) is 2.01. The van der Waals surface area contributed by atoms with E-state index in [0.717, 1.165) is 6.07 Å². The van der Waals surface area contributed by atoms with Crippen molar-refractivity contribution in [2.45, 2.75) is 20.0 Å². The second-order valence-corrected chi connectivity index (χ2v) is 2.90. The van der Waals surface area contributed by atoms with Gasteiger partial charge >= 0.3 is 0 Å². The molecule has 4 heteroatoms. The largest absolute Gasteiger partial charge is 0.505 e. The second-order valence-electron chi connectivity index (χ2n) is 2.90. The Morgan fingerprint density at radius 3 is 2.57 bits per heavy atom. The third-order valence-electron chi connectivity index (χ3n) is 1.95. The summed E-state index contributed by atoms with van der Waals surface area (Å²) in [6.07, 6.45) is -0.518. The minimum atomic E-state index is -1.23. The van der Waals surface area contributed by atoms with Crippen molar-refractivity contribution < 1.29 is 18.6 Å². The van der Waals surface area contributed by atoms with Crippen molar-refractivity contribution >= 4 is 0 Å². The Hall–Kier alpha value is -1.16. The predicted molar refractivity (Wildman–Crippen MR) is 48.1 cm³/mol. The van der Waals surface area contributed by atoms with Crippen molar-refractivity contribution in [3.05, 3.63) is 29.3 Å². The Kier molecular flexibility index (Phi) is 3.41. The van der Waals surface area contributed by atoms with Gasteiger partial charge in [-0.25, -0.2) is 4.39 Å². The Labute approximate surface area is 81.1 Å². The average molecular weight is 202 g/mol. The molecule has 0 heterocycles. The van der Waals surface area contributed by atoms with Crippen LogP contribution in [0.2, 0.25) is 0 Å². The second kappa shape index (κ2) is 4.37. The number of halogens is 2. The maximum atomic E-state index is 13.2. The van der Waals surface area contributed by atoms with Crippen LogP contribution in [0.5, 0.6) is 5.75 Å². The van der Waals surface area contributed by atoms with Gasteiger partial charge < -0.3 is 9.84 Å². The molecule has 1 atom stereocenters. The fourth-order valence-corrected chi connectivity index (χ4v) is 1.21. The van der Waals surface area contributed by atoms with Crippen LogP contribution < -0.4 is 0 Å². The number of phenolic OH excluding ortho intramolecular Hbond substituents is 1. The third-order valence-corrected chi connectivity index (χ3v) is 1.95. The Bertz CT molecular complexity index is 326. The van der Waals surface area contributed by atoms with E-state index in [9.17, 15) is 8.78 Å². The first kappa shape index (κ1) is 10.9. The highest BCUT2D eigenvalue weighted by Crippen LogP contribution is 2.26. The van der Waals surface area contributed by atoms with E-state index in [0.29, 0.717) is 6.61 Å². The smallest absolute Gasteiger partial charge is 0.200 e. The zero-order valence-corrected chi connectivity index (χ0v) is 8.05. The summed E-state index contributed by atoms with van der Waals surface area (Å²) in [7, 11) is 0. The zero-order valence-electron chi connectivity index (χ0n) is 8.05. The molecule has 0 aliphatic rings. The molecule has 0 bridgehead atoms. The van der Waals surface area contributed by atoms with Crippen LogP contribution in [0.3, 0.4) is 0 Å². The van der Waals surface area contributed by atoms with Gasteiger partial charge in [-0.05, 0) is 26.0 Å². The Balaban J connectivity index is 3.04. The van der Waals surface area contributed by atoms with Crippen LogP contribution in [-0.2, 0) is 4.74 Å². The normalized spacial score (nSPS) is 12.9. The lowest BCUT2D eigenvalue weighted by Gasteiger charge is -2.13. The number of hydrogen-bond donors (Lipinski definition) is 1. The monoisotopic (exact) mass is 202 g/mol. The molecular formula is C10H12F2O2. The molecule has 0 aliphatic carbocycles. The maximum Gasteiger partial charge on any atom is 0.200 e. The lowest BCUT2D eigenvalue weighted by Crippen LogP contribution is -2.03. The molecule has 0 aliphatic heterocycles. The van der Waals surface area contributed by atoms with Gasteiger partial charge in [-0.2, -0.15) is 4.39 Å². The van der Waals surface area contributed by atoms with E-state index in [2.05, 4.69) is 0 Å². The van der Waals surface area contributed by atoms with Gasteiger partial charge in [-0.1, -0.05) is 0 Å². The van der Waals surface area contributed by atoms with Gasteiger partial charge in [0.15, 0.2) is 11.6 Å². The molecular weight excluding hydrogens is 190 g/mol. The molecule has 0 spiro atoms. The first-order chi connectivity index (χ1) is 6.57. The minimum Gasteiger partial charge on any atom is -0.505 e. The van der Waals surface area contributed by atoms with E-state index < -0.39 is 23.5 Å². The van der Waals surface area contributed by atoms with Crippen LogP contribution in [0.4, 0.5) is 8.78 Å². The molecule has 0 amide bonds. The first-order valence-electron chi connectivity index (χ1n) is 4.36. The molecule has 1 aromatic rings. The van der Waals surface area contributed by atoms with Crippen molar-refractivity contribution in [3.63, 3.8) is 0 Å². The summed E-state index contributed by atoms with van der Waals surface area (Å²) in [4.78, 5) is 0. The van der Waals surface area contributed by atoms with E-state index in [1.165, 1.54) is 6.07 Å². The Morgan fingerprint density at radius 1 is 1.36 bits per heavy atom. The molecule has 2 nitrogen and oxygen atoms in total. The van der Waals surface area contributed by atoms with Gasteiger partial charge in [-0.15, -0.1) is 0 Å². The summed E-state index contributed by atoms with van der Waals surface area (Å²) in [5.41, 5.74) is 0.113. The van der Waals surface area contributed by atoms with Gasteiger partial charge in [0.2, 0.25) is 5.82 Å². The molecule has 1 N–H and O–H groups in total. The number of aromatic hydroxyl groups is 1. The quantitative estimate of drug-likeness (QED) is 0.816. The van der Waals surface area contributed by atoms with Crippen molar-refractivity contribution in [1.82, 2.24) is 0 Å². The number of benzene rings is 1. The molecule has 0 saturated heterocycles. The molecule has 1 aromatic carbocycles. The van der Waals surface area contributed by atoms with Crippen molar-refractivity contribution in [2.75, 3.05) is 6.61 Å². The van der Waals surface area contributed by atoms with E-state index in [1.54, 1.807) is 13.8 Å². The maximum absolute atomic E-state index is 13.2. The summed E-state index contributed by atoms with van der Waals surface area (Å²) in [6.45, 7) is 3.81. The number of hydrogen-bond acceptors (Lipinski definition) is 2. The number of ether oxygens (including phenoxy) is 1. The van der Waals surface area contributed by atoms with Crippen molar-refractivity contribution in [3.8, 4) is 5.75 Å². The Morgan fingerprint density at radius 2 is 2.00 bits per heavy atom. The van der Waals surface area contributed by atoms with Crippen molar-refractivity contribution in [1.29, 1.82) is 0 Å². The number of phenols is 1. The predicted octanol–water partition coefficient (Wildman–Crippen LogP) is 2.77. The summed E-state index contributed by atoms with van der Waals surface area (Å²) < 4.78 is 31.2. The highest BCUT2D eigenvalue weighted by atomic mass is 19.2. The molecule has 0 saturated carbocycles. The lowest BCUT2D eigenvalue weighted by molar-refractivity contribution is 0.0731. The van der Waals surface area contributed by atoms with Crippen molar-refractivity contribution in [2.24, 2.45) is 0 Å². The van der Waals surface area contributed by atoms with E-state index in [1.807, 2.05) is 0 Å². The molecule has 0 radical (unpaired) electrons. The molecule has 78 valence electrons. The fraction of sp³-hybridized carbons (Fsp3) is 0.400. The molecule has 14 heavy (non-hydrogen) atoms. The first-order valence-corrected chi connectivity index (χ1v) is 4.36. The molecule has 0 fully saturated rings. The van der Waals surface area contributed by atoms with E-state index >= 15 is 0 Å². The molecule has 0 aromatic heterocycles. The zero-order chi connectivity index (χ0) is 10.7. The number of rotatable bonds is 3. The van der Waals surface area contributed by atoms with Gasteiger partial charge in [0.1, 0.15) is 0 Å². The lowest BCUT2D eigenvalue weighted by atomic mass is 10.1. The van der Waals surface area contributed by atoms with Crippen LogP contribution in [-0.4, -0.2) is 11.7 Å². The fourth-order valence-electron chi connectivity index (χ4n) is 1.21. The van der Waals surface area contributed by atoms with Crippen LogP contribution in [0, 0.1) is 11.6 Å². The molecule has 1 unspecified atom stereocenters. The summed E-state index contributed by atoms with van der Waals surface area (Å²) in [5, 5.41) is 8.88. The SMILES string of the molecule is CCOC(C)c1ccc(O)c(F)c1F. The topological polar surface area (TPSA) is 29.5 Å². The minimum absolute atomic E-state index is 0.113. The van der Waals surface area contributed by atoms with Crippen LogP contribution >= 0.6 is 0 Å². The van der Waals surface area contributed by atoms with Crippen LogP contribution in [0.25, 0.3) is 0 Å². The van der Waals surface area contributed by atoms with E-state index in [-0.39, 0.29) is 5.56 Å². The highest BCUT2D eigenvalue weighted by Gasteiger charge is 2.17. The summed E-state index contributed by atoms with van der Waals surface area (Å²) in [6, 6.07) is 2.43. The van der Waals surface area contributed by atoms with Crippen LogP contribution in [0.1, 0.15) is 25.5 Å². The van der Waals surface area contributed by atoms with E-state index in [4.69, 9.17) is 9.84 Å². The summed E-state index contributed by atoms with van der Waals surface area (Å²) >= 11 is 0. The van der Waals surface area contributed by atoms with Crippen LogP contribution in [0.15, 0.2) is 12.1 Å². The average Bonchev–Trinajstić information content (AvgIpc) is 2.15.